The van der Waals surface area contributed by atoms with Crippen molar-refractivity contribution in [3.8, 4) is 0 Å². The van der Waals surface area contributed by atoms with Crippen LogP contribution in [0.1, 0.15) is 40.0 Å². The highest BCUT2D eigenvalue weighted by Crippen LogP contribution is 2.21. The van der Waals surface area contributed by atoms with E-state index < -0.39 is 0 Å². The minimum absolute atomic E-state index is 0.0800. The van der Waals surface area contributed by atoms with E-state index in [0.29, 0.717) is 18.4 Å². The first-order chi connectivity index (χ1) is 8.02. The number of amides is 1. The van der Waals surface area contributed by atoms with Gasteiger partial charge in [-0.1, -0.05) is 13.8 Å². The van der Waals surface area contributed by atoms with Crippen LogP contribution in [0.2, 0.25) is 0 Å². The molecule has 0 aliphatic carbocycles. The number of hydrogen-bond acceptors (Lipinski definition) is 3. The molecule has 1 aliphatic heterocycles. The molecule has 1 fully saturated rings. The molecule has 0 saturated carbocycles. The molecular formula is C13H23NO3. The van der Waals surface area contributed by atoms with Crippen LogP contribution in [0.5, 0.6) is 0 Å². The summed E-state index contributed by atoms with van der Waals surface area (Å²) < 4.78 is 4.81. The number of rotatable bonds is 4. The summed E-state index contributed by atoms with van der Waals surface area (Å²) in [6.07, 6.45) is 1.66. The molecule has 0 aromatic heterocycles. The molecule has 0 unspecified atom stereocenters. The number of carbonyl (C=O) groups is 2. The minimum Gasteiger partial charge on any atom is -0.466 e. The predicted octanol–water partition coefficient (Wildman–Crippen LogP) is 1.83. The van der Waals surface area contributed by atoms with E-state index in [0.717, 1.165) is 13.1 Å². The van der Waals surface area contributed by atoms with E-state index >= 15 is 0 Å². The monoisotopic (exact) mass is 241 g/mol. The maximum Gasteiger partial charge on any atom is 0.306 e. The maximum atomic E-state index is 11.9. The number of nitrogens with zero attached hydrogens (tertiary/aromatic N) is 1. The molecule has 1 saturated heterocycles. The lowest BCUT2D eigenvalue weighted by atomic mass is 9.91. The van der Waals surface area contributed by atoms with Crippen LogP contribution in [0.25, 0.3) is 0 Å². The van der Waals surface area contributed by atoms with Crippen molar-refractivity contribution in [3.63, 3.8) is 0 Å². The molecule has 0 aromatic carbocycles. The van der Waals surface area contributed by atoms with Crippen LogP contribution in [-0.4, -0.2) is 36.5 Å². The summed E-state index contributed by atoms with van der Waals surface area (Å²) >= 11 is 0. The first-order valence-electron chi connectivity index (χ1n) is 6.46. The molecule has 17 heavy (non-hydrogen) atoms. The highest BCUT2D eigenvalue weighted by Gasteiger charge is 2.25. The van der Waals surface area contributed by atoms with E-state index in [1.807, 2.05) is 4.90 Å². The summed E-state index contributed by atoms with van der Waals surface area (Å²) in [5.41, 5.74) is 0. The van der Waals surface area contributed by atoms with Crippen molar-refractivity contribution >= 4 is 11.9 Å². The average Bonchev–Trinajstić information content (AvgIpc) is 2.25. The van der Waals surface area contributed by atoms with Gasteiger partial charge in [0.15, 0.2) is 0 Å². The number of ether oxygens (including phenoxy) is 1. The van der Waals surface area contributed by atoms with E-state index in [1.54, 1.807) is 6.92 Å². The molecule has 2 atom stereocenters. The Kier molecular flexibility index (Phi) is 5.45. The zero-order chi connectivity index (χ0) is 12.8. The second-order valence-electron chi connectivity index (χ2n) is 5.05. The van der Waals surface area contributed by atoms with Crippen molar-refractivity contribution in [1.29, 1.82) is 0 Å². The SMILES string of the molecule is CCOC(=O)CCC(=O)N1C[C@H](C)C[C@@H](C)C1. The molecular weight excluding hydrogens is 218 g/mol. The molecule has 0 radical (unpaired) electrons. The fourth-order valence-electron chi connectivity index (χ4n) is 2.47. The fraction of sp³-hybridized carbons (Fsp3) is 0.846. The Balaban J connectivity index is 2.34. The van der Waals surface area contributed by atoms with Gasteiger partial charge in [0.2, 0.25) is 5.91 Å². The van der Waals surface area contributed by atoms with Gasteiger partial charge < -0.3 is 9.64 Å². The molecule has 98 valence electrons. The number of carbonyl (C=O) groups excluding carboxylic acids is 2. The van der Waals surface area contributed by atoms with Gasteiger partial charge in [0.05, 0.1) is 13.0 Å². The largest absolute Gasteiger partial charge is 0.466 e. The lowest BCUT2D eigenvalue weighted by Crippen LogP contribution is -2.42. The minimum atomic E-state index is -0.279. The molecule has 0 bridgehead atoms. The van der Waals surface area contributed by atoms with Crippen molar-refractivity contribution in [1.82, 2.24) is 4.90 Å². The Morgan fingerprint density at radius 1 is 1.18 bits per heavy atom. The highest BCUT2D eigenvalue weighted by molar-refractivity contribution is 5.81. The van der Waals surface area contributed by atoms with Crippen LogP contribution >= 0.6 is 0 Å². The van der Waals surface area contributed by atoms with Crippen molar-refractivity contribution in [2.45, 2.75) is 40.0 Å². The maximum absolute atomic E-state index is 11.9. The molecule has 0 spiro atoms. The third-order valence-corrected chi connectivity index (χ3v) is 3.07. The van der Waals surface area contributed by atoms with Gasteiger partial charge in [0.1, 0.15) is 0 Å². The first-order valence-corrected chi connectivity index (χ1v) is 6.46. The van der Waals surface area contributed by atoms with Crippen LogP contribution in [0.15, 0.2) is 0 Å². The lowest BCUT2D eigenvalue weighted by molar-refractivity contribution is -0.146. The van der Waals surface area contributed by atoms with Gasteiger partial charge in [-0.3, -0.25) is 9.59 Å². The molecule has 4 nitrogen and oxygen atoms in total. The second kappa shape index (κ2) is 6.62. The number of esters is 1. The topological polar surface area (TPSA) is 46.6 Å². The van der Waals surface area contributed by atoms with Crippen molar-refractivity contribution in [3.05, 3.63) is 0 Å². The first kappa shape index (κ1) is 14.0. The van der Waals surface area contributed by atoms with Crippen LogP contribution in [-0.2, 0) is 14.3 Å². The van der Waals surface area contributed by atoms with Crippen molar-refractivity contribution in [2.75, 3.05) is 19.7 Å². The molecule has 1 heterocycles. The van der Waals surface area contributed by atoms with E-state index in [2.05, 4.69) is 13.8 Å². The third kappa shape index (κ3) is 4.75. The number of hydrogen-bond donors (Lipinski definition) is 0. The standard InChI is InChI=1S/C13H23NO3/c1-4-17-13(16)6-5-12(15)14-8-10(2)7-11(3)9-14/h10-11H,4-9H2,1-3H3/t10-,11-/m1/s1. The average molecular weight is 241 g/mol. The summed E-state index contributed by atoms with van der Waals surface area (Å²) in [4.78, 5) is 25.0. The predicted molar refractivity (Wildman–Crippen MR) is 65.4 cm³/mol. The highest BCUT2D eigenvalue weighted by atomic mass is 16.5. The number of likely N-dealkylation sites (tertiary alicyclic amines) is 1. The van der Waals surface area contributed by atoms with Crippen LogP contribution in [0.4, 0.5) is 0 Å². The molecule has 1 rings (SSSR count). The Morgan fingerprint density at radius 3 is 2.29 bits per heavy atom. The van der Waals surface area contributed by atoms with Gasteiger partial charge in [0.25, 0.3) is 0 Å². The molecule has 1 aliphatic rings. The van der Waals surface area contributed by atoms with Crippen LogP contribution in [0, 0.1) is 11.8 Å². The summed E-state index contributed by atoms with van der Waals surface area (Å²) in [6.45, 7) is 8.14. The Labute approximate surface area is 103 Å². The Hall–Kier alpha value is -1.06. The van der Waals surface area contributed by atoms with Crippen LogP contribution < -0.4 is 0 Å². The van der Waals surface area contributed by atoms with E-state index in [1.165, 1.54) is 6.42 Å². The van der Waals surface area contributed by atoms with Crippen molar-refractivity contribution < 1.29 is 14.3 Å². The van der Waals surface area contributed by atoms with Gasteiger partial charge >= 0.3 is 5.97 Å². The normalized spacial score (nSPS) is 24.5. The van der Waals surface area contributed by atoms with Gasteiger partial charge in [-0.25, -0.2) is 0 Å². The lowest BCUT2D eigenvalue weighted by Gasteiger charge is -2.35. The van der Waals surface area contributed by atoms with Gasteiger partial charge in [-0.2, -0.15) is 0 Å². The summed E-state index contributed by atoms with van der Waals surface area (Å²) in [5, 5.41) is 0. The smallest absolute Gasteiger partial charge is 0.306 e. The van der Waals surface area contributed by atoms with Gasteiger partial charge in [-0.05, 0) is 25.2 Å². The zero-order valence-electron chi connectivity index (χ0n) is 11.1. The van der Waals surface area contributed by atoms with E-state index in [4.69, 9.17) is 4.74 Å². The van der Waals surface area contributed by atoms with Gasteiger partial charge in [-0.15, -0.1) is 0 Å². The Morgan fingerprint density at radius 2 is 1.76 bits per heavy atom. The van der Waals surface area contributed by atoms with E-state index in [-0.39, 0.29) is 24.7 Å². The molecule has 1 amide bonds. The van der Waals surface area contributed by atoms with Crippen LogP contribution in [0.3, 0.4) is 0 Å². The zero-order valence-corrected chi connectivity index (χ0v) is 11.1. The summed E-state index contributed by atoms with van der Waals surface area (Å²) in [6, 6.07) is 0. The summed E-state index contributed by atoms with van der Waals surface area (Å²) in [7, 11) is 0. The second-order valence-corrected chi connectivity index (χ2v) is 5.05. The third-order valence-electron chi connectivity index (χ3n) is 3.07. The Bertz CT molecular complexity index is 268. The van der Waals surface area contributed by atoms with Crippen molar-refractivity contribution in [2.24, 2.45) is 11.8 Å². The molecule has 4 heteroatoms. The number of piperidine rings is 1. The fourth-order valence-corrected chi connectivity index (χ4v) is 2.47. The molecule has 0 aromatic rings. The van der Waals surface area contributed by atoms with Gasteiger partial charge in [0, 0.05) is 19.5 Å². The van der Waals surface area contributed by atoms with E-state index in [9.17, 15) is 9.59 Å². The quantitative estimate of drug-likeness (QED) is 0.705. The summed E-state index contributed by atoms with van der Waals surface area (Å²) in [5.74, 6) is 0.922. The molecule has 0 N–H and O–H groups in total.